The highest BCUT2D eigenvalue weighted by Crippen LogP contribution is 2.24. The normalized spacial score (nSPS) is 11.7. The Labute approximate surface area is 110 Å². The van der Waals surface area contributed by atoms with E-state index in [0.717, 1.165) is 15.6 Å². The fraction of sp³-hybridized carbons (Fsp3) is 0.500. The molecule has 0 amide bonds. The lowest BCUT2D eigenvalue weighted by molar-refractivity contribution is -0.143. The summed E-state index contributed by atoms with van der Waals surface area (Å²) in [5, 5.41) is 1.55. The molecule has 0 aliphatic carbocycles. The summed E-state index contributed by atoms with van der Waals surface area (Å²) in [5.41, 5.74) is 5.90. The molecule has 1 heterocycles. The average molecular weight is 292 g/mol. The first-order valence-corrected chi connectivity index (χ1v) is 7.73. The Balaban J connectivity index is 2.90. The summed E-state index contributed by atoms with van der Waals surface area (Å²) in [7, 11) is -3.67. The predicted octanol–water partition coefficient (Wildman–Crippen LogP) is 0.904. The van der Waals surface area contributed by atoms with Gasteiger partial charge in [-0.2, -0.15) is 4.31 Å². The van der Waals surface area contributed by atoms with Gasteiger partial charge in [-0.1, -0.05) is 6.92 Å². The molecular weight excluding hydrogens is 276 g/mol. The Morgan fingerprint density at radius 3 is 2.61 bits per heavy atom. The maximum absolute atomic E-state index is 12.2. The van der Waals surface area contributed by atoms with E-state index in [-0.39, 0.29) is 23.9 Å². The van der Waals surface area contributed by atoms with Gasteiger partial charge in [0.1, 0.15) is 10.8 Å². The second-order valence-corrected chi connectivity index (χ2v) is 6.51. The van der Waals surface area contributed by atoms with E-state index in [0.29, 0.717) is 5.69 Å². The maximum Gasteiger partial charge on any atom is 0.321 e. The number of carbonyl (C=O) groups is 1. The van der Waals surface area contributed by atoms with E-state index in [4.69, 9.17) is 10.5 Å². The molecule has 6 nitrogen and oxygen atoms in total. The topological polar surface area (TPSA) is 89.7 Å². The first-order valence-electron chi connectivity index (χ1n) is 5.41. The van der Waals surface area contributed by atoms with Crippen molar-refractivity contribution in [2.75, 3.05) is 25.4 Å². The van der Waals surface area contributed by atoms with Gasteiger partial charge in [-0.3, -0.25) is 4.79 Å². The smallest absolute Gasteiger partial charge is 0.321 e. The van der Waals surface area contributed by atoms with E-state index in [1.54, 1.807) is 19.2 Å². The van der Waals surface area contributed by atoms with Crippen LogP contribution in [-0.2, 0) is 19.6 Å². The van der Waals surface area contributed by atoms with Crippen LogP contribution in [0.3, 0.4) is 0 Å². The number of nitrogens with two attached hydrogens (primary N) is 1. The Bertz CT molecular complexity index is 510. The summed E-state index contributed by atoms with van der Waals surface area (Å²) in [6, 6.07) is 1.38. The molecule has 0 atom stereocenters. The molecule has 0 saturated heterocycles. The molecule has 1 aromatic heterocycles. The minimum absolute atomic E-state index is 0.131. The largest absolute Gasteiger partial charge is 0.465 e. The molecule has 0 aromatic carbocycles. The standard InChI is InChI=1S/C10H16N2O4S2/c1-3-12(6-9(13)16-4-2)18(14,15)10-5-8(11)7-17-10/h5,7H,3-4,6,11H2,1-2H3. The molecule has 2 N–H and O–H groups in total. The second-order valence-electron chi connectivity index (χ2n) is 3.44. The van der Waals surface area contributed by atoms with Crippen LogP contribution in [0.5, 0.6) is 0 Å². The van der Waals surface area contributed by atoms with Crippen molar-refractivity contribution in [2.45, 2.75) is 18.1 Å². The summed E-state index contributed by atoms with van der Waals surface area (Å²) in [5.74, 6) is -0.563. The van der Waals surface area contributed by atoms with Crippen molar-refractivity contribution in [1.29, 1.82) is 0 Å². The van der Waals surface area contributed by atoms with Gasteiger partial charge in [0.15, 0.2) is 0 Å². The molecule has 1 aromatic rings. The Kier molecular flexibility index (Phi) is 5.12. The van der Waals surface area contributed by atoms with Gasteiger partial charge >= 0.3 is 5.97 Å². The molecule has 0 aliphatic rings. The van der Waals surface area contributed by atoms with Crippen molar-refractivity contribution in [3.05, 3.63) is 11.4 Å². The SMILES string of the molecule is CCOC(=O)CN(CC)S(=O)(=O)c1cc(N)cs1. The van der Waals surface area contributed by atoms with Gasteiger partial charge in [0.25, 0.3) is 10.0 Å². The van der Waals surface area contributed by atoms with Crippen LogP contribution in [0.25, 0.3) is 0 Å². The number of likely N-dealkylation sites (N-methyl/N-ethyl adjacent to an activating group) is 1. The van der Waals surface area contributed by atoms with Crippen LogP contribution in [0.15, 0.2) is 15.7 Å². The highest BCUT2D eigenvalue weighted by atomic mass is 32.2. The van der Waals surface area contributed by atoms with Gasteiger partial charge in [0.05, 0.1) is 6.61 Å². The van der Waals surface area contributed by atoms with Crippen LogP contribution in [0, 0.1) is 0 Å². The van der Waals surface area contributed by atoms with E-state index in [9.17, 15) is 13.2 Å². The zero-order valence-electron chi connectivity index (χ0n) is 10.3. The Hall–Kier alpha value is -1.12. The number of rotatable bonds is 6. The molecule has 0 aliphatic heterocycles. The number of carbonyl (C=O) groups excluding carboxylic acids is 1. The fourth-order valence-corrected chi connectivity index (χ4v) is 3.94. The summed E-state index contributed by atoms with van der Waals surface area (Å²) >= 11 is 1.03. The lowest BCUT2D eigenvalue weighted by Gasteiger charge is -2.18. The molecule has 0 bridgehead atoms. The minimum Gasteiger partial charge on any atom is -0.465 e. The third kappa shape index (κ3) is 3.44. The quantitative estimate of drug-likeness (QED) is 0.787. The van der Waals surface area contributed by atoms with Gasteiger partial charge < -0.3 is 10.5 Å². The lowest BCUT2D eigenvalue weighted by Crippen LogP contribution is -2.35. The zero-order valence-corrected chi connectivity index (χ0v) is 11.9. The van der Waals surface area contributed by atoms with Gasteiger partial charge in [-0.15, -0.1) is 11.3 Å². The number of esters is 1. The monoisotopic (exact) mass is 292 g/mol. The number of hydrogen-bond donors (Lipinski definition) is 1. The number of hydrogen-bond acceptors (Lipinski definition) is 6. The van der Waals surface area contributed by atoms with Gasteiger partial charge in [0.2, 0.25) is 0 Å². The molecule has 8 heteroatoms. The highest BCUT2D eigenvalue weighted by Gasteiger charge is 2.27. The van der Waals surface area contributed by atoms with Crippen molar-refractivity contribution < 1.29 is 17.9 Å². The van der Waals surface area contributed by atoms with E-state index in [1.165, 1.54) is 6.07 Å². The molecule has 18 heavy (non-hydrogen) atoms. The van der Waals surface area contributed by atoms with Crippen LogP contribution in [0.4, 0.5) is 5.69 Å². The second kappa shape index (κ2) is 6.17. The van der Waals surface area contributed by atoms with Crippen LogP contribution in [0.1, 0.15) is 13.8 Å². The molecule has 0 radical (unpaired) electrons. The molecule has 0 saturated carbocycles. The van der Waals surface area contributed by atoms with Crippen molar-refractivity contribution in [3.63, 3.8) is 0 Å². The van der Waals surface area contributed by atoms with E-state index >= 15 is 0 Å². The maximum atomic E-state index is 12.2. The molecule has 0 fully saturated rings. The van der Waals surface area contributed by atoms with Crippen molar-refractivity contribution in [2.24, 2.45) is 0 Å². The number of sulfonamides is 1. The predicted molar refractivity (Wildman–Crippen MR) is 69.8 cm³/mol. The lowest BCUT2D eigenvalue weighted by atomic mass is 10.6. The first-order chi connectivity index (χ1) is 8.41. The fourth-order valence-electron chi connectivity index (χ4n) is 1.31. The Morgan fingerprint density at radius 2 is 2.17 bits per heavy atom. The number of anilines is 1. The zero-order chi connectivity index (χ0) is 13.8. The molecule has 0 unspecified atom stereocenters. The number of nitrogen functional groups attached to an aromatic ring is 1. The van der Waals surface area contributed by atoms with Gasteiger partial charge in [0, 0.05) is 17.6 Å². The van der Waals surface area contributed by atoms with Gasteiger partial charge in [-0.05, 0) is 13.0 Å². The van der Waals surface area contributed by atoms with Crippen molar-refractivity contribution in [1.82, 2.24) is 4.31 Å². The number of thiophene rings is 1. The van der Waals surface area contributed by atoms with Crippen LogP contribution < -0.4 is 5.73 Å². The van der Waals surface area contributed by atoms with E-state index in [2.05, 4.69) is 0 Å². The molecule has 1 rings (SSSR count). The minimum atomic E-state index is -3.67. The number of ether oxygens (including phenoxy) is 1. The average Bonchev–Trinajstić information content (AvgIpc) is 2.73. The number of nitrogens with zero attached hydrogens (tertiary/aromatic N) is 1. The third-order valence-corrected chi connectivity index (χ3v) is 5.51. The van der Waals surface area contributed by atoms with Crippen LogP contribution >= 0.6 is 11.3 Å². The molecule has 102 valence electrons. The summed E-state index contributed by atoms with van der Waals surface area (Å²) < 4.78 is 30.3. The highest BCUT2D eigenvalue weighted by molar-refractivity contribution is 7.91. The Morgan fingerprint density at radius 1 is 1.50 bits per heavy atom. The van der Waals surface area contributed by atoms with Gasteiger partial charge in [-0.25, -0.2) is 8.42 Å². The molecular formula is C10H16N2O4S2. The summed E-state index contributed by atoms with van der Waals surface area (Å²) in [6.45, 7) is 3.46. The third-order valence-electron chi connectivity index (χ3n) is 2.15. The van der Waals surface area contributed by atoms with Crippen LogP contribution in [-0.4, -0.2) is 38.4 Å². The van der Waals surface area contributed by atoms with E-state index in [1.807, 2.05) is 0 Å². The molecule has 0 spiro atoms. The van der Waals surface area contributed by atoms with E-state index < -0.39 is 16.0 Å². The first kappa shape index (κ1) is 14.9. The summed E-state index contributed by atoms with van der Waals surface area (Å²) in [4.78, 5) is 11.3. The summed E-state index contributed by atoms with van der Waals surface area (Å²) in [6.07, 6.45) is 0. The van der Waals surface area contributed by atoms with Crippen molar-refractivity contribution >= 4 is 33.0 Å². The van der Waals surface area contributed by atoms with Crippen molar-refractivity contribution in [3.8, 4) is 0 Å². The van der Waals surface area contributed by atoms with Crippen LogP contribution in [0.2, 0.25) is 0 Å².